The highest BCUT2D eigenvalue weighted by atomic mass is 16.5. The highest BCUT2D eigenvalue weighted by Gasteiger charge is 2.12. The number of carbonyl (C=O) groups is 2. The first-order valence-corrected chi connectivity index (χ1v) is 7.65. The molecular formula is C18H26N2O3. The van der Waals surface area contributed by atoms with E-state index in [4.69, 9.17) is 4.74 Å². The zero-order valence-corrected chi connectivity index (χ0v) is 14.3. The van der Waals surface area contributed by atoms with Crippen LogP contribution in [0.2, 0.25) is 0 Å². The van der Waals surface area contributed by atoms with Gasteiger partial charge in [-0.25, -0.2) is 0 Å². The molecule has 1 rings (SSSR count). The van der Waals surface area contributed by atoms with Crippen LogP contribution in [0.15, 0.2) is 30.3 Å². The zero-order chi connectivity index (χ0) is 17.3. The lowest BCUT2D eigenvalue weighted by molar-refractivity contribution is -0.124. The van der Waals surface area contributed by atoms with Crippen molar-refractivity contribution in [3.63, 3.8) is 0 Å². The van der Waals surface area contributed by atoms with E-state index >= 15 is 0 Å². The molecule has 0 aromatic heterocycles. The van der Waals surface area contributed by atoms with Gasteiger partial charge in [0.2, 0.25) is 11.8 Å². The number of hydrogen-bond acceptors (Lipinski definition) is 3. The van der Waals surface area contributed by atoms with Gasteiger partial charge in [0.05, 0.1) is 13.2 Å². The fourth-order valence-corrected chi connectivity index (χ4v) is 1.85. The van der Waals surface area contributed by atoms with Gasteiger partial charge in [-0.1, -0.05) is 45.0 Å². The Morgan fingerprint density at radius 3 is 2.35 bits per heavy atom. The maximum atomic E-state index is 11.7. The molecule has 2 N–H and O–H groups in total. The molecule has 5 nitrogen and oxygen atoms in total. The number of methoxy groups -OCH3 is 1. The molecular weight excluding hydrogens is 292 g/mol. The monoisotopic (exact) mass is 318 g/mol. The van der Waals surface area contributed by atoms with Gasteiger partial charge in [-0.3, -0.25) is 9.59 Å². The second-order valence-electron chi connectivity index (χ2n) is 6.27. The number of carbonyl (C=O) groups excluding carboxylic acids is 2. The summed E-state index contributed by atoms with van der Waals surface area (Å²) in [4.78, 5) is 23.1. The molecule has 0 aliphatic rings. The van der Waals surface area contributed by atoms with Gasteiger partial charge in [0, 0.05) is 19.7 Å². The summed E-state index contributed by atoms with van der Waals surface area (Å²) in [5.41, 5.74) is 2.29. The van der Waals surface area contributed by atoms with E-state index in [1.54, 1.807) is 13.2 Å². The molecule has 0 heterocycles. The van der Waals surface area contributed by atoms with Crippen molar-refractivity contribution in [2.45, 2.75) is 26.2 Å². The minimum absolute atomic E-state index is 0.0458. The van der Waals surface area contributed by atoms with Crippen molar-refractivity contribution in [1.29, 1.82) is 0 Å². The fraction of sp³-hybridized carbons (Fsp3) is 0.444. The Hall–Kier alpha value is -2.14. The van der Waals surface area contributed by atoms with Gasteiger partial charge in [-0.05, 0) is 22.6 Å². The van der Waals surface area contributed by atoms with Gasteiger partial charge in [-0.15, -0.1) is 0 Å². The van der Waals surface area contributed by atoms with E-state index in [0.717, 1.165) is 5.56 Å². The molecule has 0 radical (unpaired) electrons. The second kappa shape index (κ2) is 9.10. The van der Waals surface area contributed by atoms with Crippen LogP contribution >= 0.6 is 0 Å². The molecule has 0 aliphatic carbocycles. The Morgan fingerprint density at radius 1 is 1.13 bits per heavy atom. The first kappa shape index (κ1) is 18.9. The van der Waals surface area contributed by atoms with E-state index in [0.29, 0.717) is 13.2 Å². The van der Waals surface area contributed by atoms with Crippen molar-refractivity contribution in [2.75, 3.05) is 26.8 Å². The van der Waals surface area contributed by atoms with Gasteiger partial charge in [0.15, 0.2) is 0 Å². The van der Waals surface area contributed by atoms with Crippen LogP contribution in [-0.2, 0) is 19.7 Å². The van der Waals surface area contributed by atoms with Crippen molar-refractivity contribution in [3.8, 4) is 0 Å². The average molecular weight is 318 g/mol. The summed E-state index contributed by atoms with van der Waals surface area (Å²) in [7, 11) is 1.56. The van der Waals surface area contributed by atoms with E-state index < -0.39 is 0 Å². The van der Waals surface area contributed by atoms with Gasteiger partial charge < -0.3 is 15.4 Å². The van der Waals surface area contributed by atoms with Crippen LogP contribution < -0.4 is 10.6 Å². The Balaban J connectivity index is 2.42. The Kier molecular flexibility index (Phi) is 7.48. The van der Waals surface area contributed by atoms with Crippen LogP contribution in [0.1, 0.15) is 31.9 Å². The minimum atomic E-state index is -0.299. The summed E-state index contributed by atoms with van der Waals surface area (Å²) in [6, 6.07) is 8.06. The molecule has 0 aliphatic heterocycles. The lowest BCUT2D eigenvalue weighted by atomic mass is 9.87. The average Bonchev–Trinajstić information content (AvgIpc) is 2.50. The van der Waals surface area contributed by atoms with Crippen LogP contribution in [0.4, 0.5) is 0 Å². The molecule has 0 atom stereocenters. The maximum Gasteiger partial charge on any atom is 0.244 e. The van der Waals surface area contributed by atoms with Crippen molar-refractivity contribution < 1.29 is 14.3 Å². The topological polar surface area (TPSA) is 67.4 Å². The summed E-state index contributed by atoms with van der Waals surface area (Å²) in [6.45, 7) is 7.30. The van der Waals surface area contributed by atoms with Gasteiger partial charge in [-0.2, -0.15) is 0 Å². The second-order valence-corrected chi connectivity index (χ2v) is 6.27. The minimum Gasteiger partial charge on any atom is -0.383 e. The summed E-state index contributed by atoms with van der Waals surface area (Å²) in [5, 5.41) is 5.17. The third-order valence-electron chi connectivity index (χ3n) is 3.26. The molecule has 0 saturated carbocycles. The molecule has 5 heteroatoms. The molecule has 23 heavy (non-hydrogen) atoms. The number of rotatable bonds is 7. The van der Waals surface area contributed by atoms with Gasteiger partial charge >= 0.3 is 0 Å². The first-order valence-electron chi connectivity index (χ1n) is 7.65. The SMILES string of the molecule is COCCNC(=O)CNC(=O)/C=C/c1ccc(C(C)(C)C)cc1. The molecule has 0 unspecified atom stereocenters. The summed E-state index contributed by atoms with van der Waals surface area (Å²) >= 11 is 0. The van der Waals surface area contributed by atoms with E-state index in [-0.39, 0.29) is 23.8 Å². The Bertz CT molecular complexity index is 542. The van der Waals surface area contributed by atoms with Gasteiger partial charge in [0.25, 0.3) is 0 Å². The largest absolute Gasteiger partial charge is 0.383 e. The highest BCUT2D eigenvalue weighted by Crippen LogP contribution is 2.22. The van der Waals surface area contributed by atoms with E-state index in [1.807, 2.05) is 12.1 Å². The van der Waals surface area contributed by atoms with E-state index in [2.05, 4.69) is 43.5 Å². The Morgan fingerprint density at radius 2 is 1.78 bits per heavy atom. The van der Waals surface area contributed by atoms with Crippen molar-refractivity contribution in [1.82, 2.24) is 10.6 Å². The third kappa shape index (κ3) is 7.61. The number of amides is 2. The summed E-state index contributed by atoms with van der Waals surface area (Å²) in [5.74, 6) is -0.537. The maximum absolute atomic E-state index is 11.7. The number of benzene rings is 1. The molecule has 0 spiro atoms. The quantitative estimate of drug-likeness (QED) is 0.596. The molecule has 126 valence electrons. The molecule has 1 aromatic rings. The normalized spacial score (nSPS) is 11.5. The number of hydrogen-bond donors (Lipinski definition) is 2. The van der Waals surface area contributed by atoms with Gasteiger partial charge in [0.1, 0.15) is 0 Å². The molecule has 0 bridgehead atoms. The predicted molar refractivity (Wildman–Crippen MR) is 92.1 cm³/mol. The molecule has 2 amide bonds. The lowest BCUT2D eigenvalue weighted by Crippen LogP contribution is -2.37. The lowest BCUT2D eigenvalue weighted by Gasteiger charge is -2.18. The third-order valence-corrected chi connectivity index (χ3v) is 3.26. The molecule has 0 saturated heterocycles. The van der Waals surface area contributed by atoms with Crippen molar-refractivity contribution in [2.24, 2.45) is 0 Å². The Labute approximate surface area is 138 Å². The number of nitrogens with one attached hydrogen (secondary N) is 2. The van der Waals surface area contributed by atoms with Crippen LogP contribution in [0.5, 0.6) is 0 Å². The summed E-state index contributed by atoms with van der Waals surface area (Å²) < 4.78 is 4.82. The first-order chi connectivity index (χ1) is 10.8. The highest BCUT2D eigenvalue weighted by molar-refractivity contribution is 5.94. The predicted octanol–water partition coefficient (Wildman–Crippen LogP) is 1.88. The summed E-state index contributed by atoms with van der Waals surface area (Å²) in [6.07, 6.45) is 3.15. The van der Waals surface area contributed by atoms with Crippen molar-refractivity contribution >= 4 is 17.9 Å². The van der Waals surface area contributed by atoms with E-state index in [1.165, 1.54) is 11.6 Å². The smallest absolute Gasteiger partial charge is 0.244 e. The number of ether oxygens (including phenoxy) is 1. The van der Waals surface area contributed by atoms with Crippen LogP contribution in [0, 0.1) is 0 Å². The van der Waals surface area contributed by atoms with Crippen LogP contribution in [0.25, 0.3) is 6.08 Å². The van der Waals surface area contributed by atoms with Crippen molar-refractivity contribution in [3.05, 3.63) is 41.5 Å². The fourth-order valence-electron chi connectivity index (χ4n) is 1.85. The van der Waals surface area contributed by atoms with Crippen LogP contribution in [-0.4, -0.2) is 38.6 Å². The molecule has 1 aromatic carbocycles. The van der Waals surface area contributed by atoms with E-state index in [9.17, 15) is 9.59 Å². The molecule has 0 fully saturated rings. The standard InChI is InChI=1S/C18H26N2O3/c1-18(2,3)15-8-5-14(6-9-15)7-10-16(21)20-13-17(22)19-11-12-23-4/h5-10H,11-13H2,1-4H3,(H,19,22)(H,20,21)/b10-7+. The zero-order valence-electron chi connectivity index (χ0n) is 14.3. The van der Waals surface area contributed by atoms with Crippen LogP contribution in [0.3, 0.4) is 0 Å².